The quantitative estimate of drug-likeness (QED) is 0.665. The van der Waals surface area contributed by atoms with Gasteiger partial charge in [0, 0.05) is 6.20 Å². The van der Waals surface area contributed by atoms with Crippen molar-refractivity contribution < 1.29 is 18.5 Å². The number of hydrogen-bond donors (Lipinski definition) is 2. The van der Waals surface area contributed by atoms with Gasteiger partial charge in [0.2, 0.25) is 0 Å². The van der Waals surface area contributed by atoms with Crippen LogP contribution >= 0.6 is 0 Å². The molecule has 1 heterocycles. The average Bonchev–Trinajstić information content (AvgIpc) is 2.43. The molecule has 0 bridgehead atoms. The Morgan fingerprint density at radius 2 is 2.00 bits per heavy atom. The highest BCUT2D eigenvalue weighted by molar-refractivity contribution is 6.08. The molecule has 0 atom stereocenters. The van der Waals surface area contributed by atoms with Crippen molar-refractivity contribution in [1.29, 1.82) is 0 Å². The Bertz CT molecular complexity index is 736. The molecule has 108 valence electrons. The number of halogens is 2. The summed E-state index contributed by atoms with van der Waals surface area (Å²) in [4.78, 5) is 25.5. The molecule has 2 rings (SSSR count). The number of nitrogen functional groups attached to an aromatic ring is 1. The van der Waals surface area contributed by atoms with Crippen molar-refractivity contribution >= 4 is 23.1 Å². The Balaban J connectivity index is 2.42. The van der Waals surface area contributed by atoms with E-state index in [4.69, 9.17) is 5.73 Å². The first-order chi connectivity index (χ1) is 9.90. The van der Waals surface area contributed by atoms with Gasteiger partial charge in [0.25, 0.3) is 11.6 Å². The minimum atomic E-state index is -1.42. The van der Waals surface area contributed by atoms with Crippen molar-refractivity contribution in [2.75, 3.05) is 11.1 Å². The first-order valence-corrected chi connectivity index (χ1v) is 5.55. The smallest absolute Gasteiger partial charge is 0.285 e. The van der Waals surface area contributed by atoms with Gasteiger partial charge in [-0.2, -0.15) is 0 Å². The zero-order valence-electron chi connectivity index (χ0n) is 10.3. The number of aromatic nitrogens is 1. The van der Waals surface area contributed by atoms with Gasteiger partial charge >= 0.3 is 0 Å². The number of nitrogens with zero attached hydrogens (tertiary/aromatic N) is 2. The second kappa shape index (κ2) is 5.49. The lowest BCUT2D eigenvalue weighted by Gasteiger charge is -2.07. The van der Waals surface area contributed by atoms with E-state index in [0.29, 0.717) is 12.1 Å². The van der Waals surface area contributed by atoms with Crippen molar-refractivity contribution in [2.24, 2.45) is 0 Å². The zero-order valence-corrected chi connectivity index (χ0v) is 10.3. The average molecular weight is 294 g/mol. The molecule has 0 saturated heterocycles. The van der Waals surface area contributed by atoms with Gasteiger partial charge in [-0.3, -0.25) is 14.9 Å². The summed E-state index contributed by atoms with van der Waals surface area (Å²) in [5.41, 5.74) is 4.13. The molecule has 21 heavy (non-hydrogen) atoms. The monoisotopic (exact) mass is 294 g/mol. The number of nitro benzene ring substituents is 1. The van der Waals surface area contributed by atoms with Gasteiger partial charge in [-0.25, -0.2) is 13.8 Å². The van der Waals surface area contributed by atoms with E-state index in [1.54, 1.807) is 0 Å². The molecule has 0 saturated carbocycles. The maximum absolute atomic E-state index is 13.2. The molecule has 0 unspecified atom stereocenters. The Labute approximate surface area is 116 Å². The number of nitrogens with two attached hydrogens (primary N) is 1. The minimum Gasteiger partial charge on any atom is -0.382 e. The summed E-state index contributed by atoms with van der Waals surface area (Å²) in [5.74, 6) is -3.81. The van der Waals surface area contributed by atoms with Crippen LogP contribution in [0.15, 0.2) is 30.5 Å². The van der Waals surface area contributed by atoms with Gasteiger partial charge in [-0.05, 0) is 18.2 Å². The second-order valence-corrected chi connectivity index (χ2v) is 3.93. The number of amides is 1. The van der Waals surface area contributed by atoms with Crippen LogP contribution in [0.1, 0.15) is 10.4 Å². The molecule has 0 aliphatic rings. The number of nitrogens with one attached hydrogen (secondary N) is 1. The van der Waals surface area contributed by atoms with Crippen LogP contribution in [-0.4, -0.2) is 15.8 Å². The summed E-state index contributed by atoms with van der Waals surface area (Å²) in [6, 6.07) is 3.68. The van der Waals surface area contributed by atoms with E-state index in [1.165, 1.54) is 18.3 Å². The molecule has 0 aliphatic heterocycles. The summed E-state index contributed by atoms with van der Waals surface area (Å²) in [6.07, 6.45) is 1.38. The van der Waals surface area contributed by atoms with E-state index >= 15 is 0 Å². The zero-order chi connectivity index (χ0) is 15.6. The number of anilines is 2. The third-order valence-corrected chi connectivity index (χ3v) is 2.57. The molecule has 2 aromatic rings. The molecule has 1 amide bonds. The molecule has 7 nitrogen and oxygen atoms in total. The lowest BCUT2D eigenvalue weighted by Crippen LogP contribution is -2.16. The number of pyridine rings is 1. The van der Waals surface area contributed by atoms with Crippen LogP contribution in [0.4, 0.5) is 26.0 Å². The van der Waals surface area contributed by atoms with Crippen molar-refractivity contribution in [3.05, 3.63) is 57.8 Å². The molecule has 3 N–H and O–H groups in total. The molecule has 0 fully saturated rings. The molecule has 0 aliphatic carbocycles. The predicted molar refractivity (Wildman–Crippen MR) is 69.6 cm³/mol. The Kier molecular flexibility index (Phi) is 3.74. The van der Waals surface area contributed by atoms with Gasteiger partial charge in [-0.1, -0.05) is 0 Å². The number of carbonyl (C=O) groups is 1. The van der Waals surface area contributed by atoms with E-state index in [2.05, 4.69) is 10.3 Å². The predicted octanol–water partition coefficient (Wildman–Crippen LogP) is 2.10. The number of nitro groups is 1. The first kappa shape index (κ1) is 14.3. The number of carbonyl (C=O) groups excluding carboxylic acids is 1. The fourth-order valence-corrected chi connectivity index (χ4v) is 1.58. The fourth-order valence-electron chi connectivity index (χ4n) is 1.58. The van der Waals surface area contributed by atoms with Crippen molar-refractivity contribution in [3.63, 3.8) is 0 Å². The van der Waals surface area contributed by atoms with Gasteiger partial charge < -0.3 is 11.1 Å². The molecular weight excluding hydrogens is 286 g/mol. The standard InChI is InChI=1S/C12H8F2N4O3/c13-7-4-6(10(18(20)21)5-8(7)14)12(19)17-9-2-1-3-16-11(9)15/h1-5H,(H2,15,16)(H,17,19). The van der Waals surface area contributed by atoms with Crippen LogP contribution in [0, 0.1) is 21.7 Å². The molecule has 9 heteroatoms. The summed E-state index contributed by atoms with van der Waals surface area (Å²) >= 11 is 0. The van der Waals surface area contributed by atoms with Crippen molar-refractivity contribution in [3.8, 4) is 0 Å². The van der Waals surface area contributed by atoms with Crippen molar-refractivity contribution in [1.82, 2.24) is 4.98 Å². The third-order valence-electron chi connectivity index (χ3n) is 2.57. The van der Waals surface area contributed by atoms with Crippen LogP contribution in [0.5, 0.6) is 0 Å². The fraction of sp³-hybridized carbons (Fsp3) is 0. The van der Waals surface area contributed by atoms with Gasteiger partial charge in [-0.15, -0.1) is 0 Å². The molecular formula is C12H8F2N4O3. The van der Waals surface area contributed by atoms with Crippen molar-refractivity contribution in [2.45, 2.75) is 0 Å². The summed E-state index contributed by atoms with van der Waals surface area (Å²) in [5, 5.41) is 13.1. The van der Waals surface area contributed by atoms with E-state index in [-0.39, 0.29) is 11.5 Å². The summed E-state index contributed by atoms with van der Waals surface area (Å²) in [7, 11) is 0. The molecule has 0 radical (unpaired) electrons. The molecule has 0 spiro atoms. The lowest BCUT2D eigenvalue weighted by molar-refractivity contribution is -0.385. The Morgan fingerprint density at radius 3 is 2.62 bits per heavy atom. The summed E-state index contributed by atoms with van der Waals surface area (Å²) in [6.45, 7) is 0. The highest BCUT2D eigenvalue weighted by Crippen LogP contribution is 2.24. The van der Waals surface area contributed by atoms with E-state index < -0.39 is 33.7 Å². The largest absolute Gasteiger partial charge is 0.382 e. The second-order valence-electron chi connectivity index (χ2n) is 3.93. The van der Waals surface area contributed by atoms with Gasteiger partial charge in [0.05, 0.1) is 16.7 Å². The summed E-state index contributed by atoms with van der Waals surface area (Å²) < 4.78 is 26.2. The van der Waals surface area contributed by atoms with Crippen LogP contribution < -0.4 is 11.1 Å². The SMILES string of the molecule is Nc1ncccc1NC(=O)c1cc(F)c(F)cc1[N+](=O)[O-]. The maximum atomic E-state index is 13.2. The highest BCUT2D eigenvalue weighted by Gasteiger charge is 2.24. The van der Waals surface area contributed by atoms with Gasteiger partial charge in [0.1, 0.15) is 11.4 Å². The van der Waals surface area contributed by atoms with E-state index in [9.17, 15) is 23.7 Å². The number of hydrogen-bond acceptors (Lipinski definition) is 5. The lowest BCUT2D eigenvalue weighted by atomic mass is 10.1. The Hall–Kier alpha value is -3.10. The third kappa shape index (κ3) is 2.91. The van der Waals surface area contributed by atoms with Crippen LogP contribution in [0.3, 0.4) is 0 Å². The number of rotatable bonds is 3. The Morgan fingerprint density at radius 1 is 1.33 bits per heavy atom. The molecule has 1 aromatic heterocycles. The first-order valence-electron chi connectivity index (χ1n) is 5.55. The number of benzene rings is 1. The highest BCUT2D eigenvalue weighted by atomic mass is 19.2. The maximum Gasteiger partial charge on any atom is 0.285 e. The minimum absolute atomic E-state index is 0.0175. The molecule has 1 aromatic carbocycles. The topological polar surface area (TPSA) is 111 Å². The van der Waals surface area contributed by atoms with E-state index in [1.807, 2.05) is 0 Å². The van der Waals surface area contributed by atoms with E-state index in [0.717, 1.165) is 0 Å². The van der Waals surface area contributed by atoms with Gasteiger partial charge in [0.15, 0.2) is 11.6 Å². The van der Waals surface area contributed by atoms with Crippen LogP contribution in [-0.2, 0) is 0 Å². The van der Waals surface area contributed by atoms with Crippen LogP contribution in [0.25, 0.3) is 0 Å². The normalized spacial score (nSPS) is 10.2. The van der Waals surface area contributed by atoms with Crippen LogP contribution in [0.2, 0.25) is 0 Å².